The van der Waals surface area contributed by atoms with Crippen molar-refractivity contribution in [3.63, 3.8) is 0 Å². The van der Waals surface area contributed by atoms with Gasteiger partial charge < -0.3 is 0 Å². The maximum atomic E-state index is 12.4. The topological polar surface area (TPSA) is 0 Å². The van der Waals surface area contributed by atoms with Crippen LogP contribution in [-0.4, -0.2) is 6.18 Å². The van der Waals surface area contributed by atoms with Crippen molar-refractivity contribution in [3.8, 4) is 0 Å². The predicted octanol–water partition coefficient (Wildman–Crippen LogP) is 30.6. The highest BCUT2D eigenvalue weighted by atomic mass is 19.4. The van der Waals surface area contributed by atoms with Gasteiger partial charge in [-0.15, -0.1) is 0 Å². The molecule has 0 unspecified atom stereocenters. The maximum Gasteiger partial charge on any atom is 0.393 e. The van der Waals surface area contributed by atoms with Gasteiger partial charge in [0.05, 0.1) is 5.41 Å². The van der Waals surface area contributed by atoms with E-state index in [1.807, 2.05) is 55.4 Å². The Labute approximate surface area is 518 Å². The Morgan fingerprint density at radius 3 is 0.713 bits per heavy atom. The van der Waals surface area contributed by atoms with Crippen molar-refractivity contribution < 1.29 is 17.3 Å². The fourth-order valence-electron chi connectivity index (χ4n) is 11.4. The second-order valence-corrected chi connectivity index (χ2v) is 35.4. The van der Waals surface area contributed by atoms with Gasteiger partial charge in [-0.25, -0.2) is 0 Å². The standard InChI is InChI=1S/C15H32.C10H20.C9H17F3.C9H18.C9H20.C8H18.C7H16.C6H14.4CH4/c1-8-12(9-2)14(15(5,6)7)13(10-3)11-4;1-10(2,3)9-7-5-4-6-8-9;1-7(2,3)6-8(4,5)9(10,11)12;1-9(2,3)8-6-4-5-7-8;1-8(2,3)7-9(4,5)6;1-7(2)6-8(3,4)5;1-6(2)7(3,4)5;1-5-6(2,3)4;;;;/h12-14H,8-11H2,1-7H3;9H,4-8H2,1-3H3;6H2,1-5H3;8H,4-7H2,1-3H3;7H2,1-6H3;7H,6H2,1-5H3;6H,1-5H3;5H2,1-4H3;4*1H4/i;;;;;;6D;5D2;;;;. The highest BCUT2D eigenvalue weighted by Gasteiger charge is 2.48. The largest absolute Gasteiger partial charge is 0.393 e. The second-order valence-electron chi connectivity index (χ2n) is 35.4. The number of hydrogen-bond donors (Lipinski definition) is 0. The molecule has 500 valence electrons. The molecule has 2 aliphatic carbocycles. The third-order valence-corrected chi connectivity index (χ3v) is 15.6. The van der Waals surface area contributed by atoms with E-state index in [0.717, 1.165) is 35.5 Å². The average molecular weight is 1160 g/mol. The van der Waals surface area contributed by atoms with E-state index in [1.54, 1.807) is 6.92 Å². The summed E-state index contributed by atoms with van der Waals surface area (Å²) < 4.78 is 59.2. The summed E-state index contributed by atoms with van der Waals surface area (Å²) in [6, 6.07) is 0. The minimum Gasteiger partial charge on any atom is -0.171 e. The molecular formula is C77H171F3. The van der Waals surface area contributed by atoms with E-state index in [0.29, 0.717) is 32.5 Å². The van der Waals surface area contributed by atoms with Gasteiger partial charge in [0.1, 0.15) is 0 Å². The third kappa shape index (κ3) is 65.3. The SMILES string of the molecule is C.C.C.C.CC(C)(C)C1CCCC1.CC(C)(C)C1CCCCC1.CC(C)(C)CC(C)(C)C.CC(C)(C)CC(C)(C)C(F)(F)F.CC(C)CC(C)(C)C.CCC(CC)C(C(CC)CC)C(C)(C)C.[2H]C(C)(C)C(C)(C)C.[2H]C([2H])(C)C(C)(C)C. The Bertz CT molecular complexity index is 1350. The van der Waals surface area contributed by atoms with Crippen molar-refractivity contribution in [2.24, 2.45) is 95.6 Å². The van der Waals surface area contributed by atoms with Gasteiger partial charge in [-0.2, -0.15) is 13.2 Å². The van der Waals surface area contributed by atoms with Crippen LogP contribution in [0.5, 0.6) is 0 Å². The summed E-state index contributed by atoms with van der Waals surface area (Å²) in [6.07, 6.45) is 16.3. The van der Waals surface area contributed by atoms with E-state index in [4.69, 9.17) is 4.11 Å². The van der Waals surface area contributed by atoms with Crippen LogP contribution in [0.15, 0.2) is 0 Å². The molecule has 0 N–H and O–H groups in total. The summed E-state index contributed by atoms with van der Waals surface area (Å²) in [7, 11) is 0. The fourth-order valence-corrected chi connectivity index (χ4v) is 11.4. The monoisotopic (exact) mass is 1160 g/mol. The quantitative estimate of drug-likeness (QED) is 0.227. The van der Waals surface area contributed by atoms with E-state index in [1.165, 1.54) is 110 Å². The number of alkyl halides is 3. The van der Waals surface area contributed by atoms with Crippen LogP contribution in [-0.2, 0) is 0 Å². The minimum atomic E-state index is -4.10. The molecule has 0 nitrogen and oxygen atoms in total. The van der Waals surface area contributed by atoms with E-state index >= 15 is 0 Å². The molecule has 0 aromatic heterocycles. The van der Waals surface area contributed by atoms with Crippen LogP contribution in [0, 0.1) is 95.6 Å². The van der Waals surface area contributed by atoms with Gasteiger partial charge in [0.2, 0.25) is 0 Å². The van der Waals surface area contributed by atoms with Crippen molar-refractivity contribution in [1.29, 1.82) is 0 Å². The molecule has 0 spiro atoms. The zero-order chi connectivity index (χ0) is 65.3. The molecule has 0 saturated heterocycles. The Morgan fingerprint density at radius 2 is 0.625 bits per heavy atom. The minimum absolute atomic E-state index is 0. The number of halogens is 3. The Morgan fingerprint density at radius 1 is 0.388 bits per heavy atom. The van der Waals surface area contributed by atoms with E-state index in [9.17, 15) is 13.2 Å². The highest BCUT2D eigenvalue weighted by Crippen LogP contribution is 2.46. The summed E-state index contributed by atoms with van der Waals surface area (Å²) >= 11 is 0. The summed E-state index contributed by atoms with van der Waals surface area (Å²) in [6.45, 7) is 81.4. The van der Waals surface area contributed by atoms with Gasteiger partial charge in [0, 0.05) is 4.11 Å². The molecule has 0 aromatic carbocycles. The molecule has 0 bridgehead atoms. The van der Waals surface area contributed by atoms with Crippen LogP contribution < -0.4 is 0 Å². The van der Waals surface area contributed by atoms with Crippen molar-refractivity contribution in [2.45, 2.75) is 408 Å². The van der Waals surface area contributed by atoms with Gasteiger partial charge in [-0.3, -0.25) is 0 Å². The van der Waals surface area contributed by atoms with Crippen LogP contribution in [0.4, 0.5) is 13.2 Å². The Kier molecular flexibility index (Phi) is 51.7. The van der Waals surface area contributed by atoms with Gasteiger partial charge in [0.15, 0.2) is 0 Å². The van der Waals surface area contributed by atoms with E-state index in [2.05, 4.69) is 187 Å². The molecule has 2 aliphatic rings. The van der Waals surface area contributed by atoms with Gasteiger partial charge >= 0.3 is 6.18 Å². The van der Waals surface area contributed by atoms with Crippen LogP contribution in [0.3, 0.4) is 0 Å². The first-order valence-electron chi connectivity index (χ1n) is 33.3. The summed E-state index contributed by atoms with van der Waals surface area (Å²) in [5.41, 5.74) is 1.12. The lowest BCUT2D eigenvalue weighted by Crippen LogP contribution is -2.35. The van der Waals surface area contributed by atoms with Crippen molar-refractivity contribution in [1.82, 2.24) is 0 Å². The molecule has 0 aliphatic heterocycles. The third-order valence-electron chi connectivity index (χ3n) is 15.6. The molecule has 2 saturated carbocycles. The summed E-state index contributed by atoms with van der Waals surface area (Å²) in [4.78, 5) is 0. The summed E-state index contributed by atoms with van der Waals surface area (Å²) in [5.74, 6) is 5.26. The second kappa shape index (κ2) is 44.3. The van der Waals surface area contributed by atoms with Crippen LogP contribution in [0.1, 0.15) is 406 Å². The lowest BCUT2D eigenvalue weighted by Gasteiger charge is -2.42. The average Bonchev–Trinajstić information content (AvgIpc) is 3.71. The molecule has 0 atom stereocenters. The first-order chi connectivity index (χ1) is 34.2. The normalized spacial score (nSPS) is 15.9. The van der Waals surface area contributed by atoms with Gasteiger partial charge in [0.25, 0.3) is 0 Å². The molecule has 0 aromatic rings. The summed E-state index contributed by atoms with van der Waals surface area (Å²) in [5, 5.41) is 0. The predicted molar refractivity (Wildman–Crippen MR) is 376 cm³/mol. The Balaban J connectivity index is -0.0000000919. The molecule has 2 rings (SSSR count). The van der Waals surface area contributed by atoms with Crippen LogP contribution in [0.25, 0.3) is 0 Å². The molecular weight excluding hydrogens is 982 g/mol. The van der Waals surface area contributed by atoms with Gasteiger partial charge in [-0.1, -0.05) is 357 Å². The molecule has 0 amide bonds. The van der Waals surface area contributed by atoms with Gasteiger partial charge in [-0.05, 0) is 135 Å². The first kappa shape index (κ1) is 93.5. The van der Waals surface area contributed by atoms with Crippen molar-refractivity contribution in [3.05, 3.63) is 0 Å². The molecule has 2 fully saturated rings. The highest BCUT2D eigenvalue weighted by molar-refractivity contribution is 4.85. The fraction of sp³-hybridized carbons (Fsp3) is 1.00. The number of rotatable bonds is 8. The molecule has 80 heavy (non-hydrogen) atoms. The zero-order valence-corrected chi connectivity index (χ0v) is 60.4. The molecule has 3 heteroatoms. The van der Waals surface area contributed by atoms with Crippen LogP contribution in [0.2, 0.25) is 0 Å². The Hall–Kier alpha value is -0.210. The lowest BCUT2D eigenvalue weighted by molar-refractivity contribution is -0.220. The maximum absolute atomic E-state index is 12.4. The smallest absolute Gasteiger partial charge is 0.171 e. The van der Waals surface area contributed by atoms with Crippen molar-refractivity contribution in [2.75, 3.05) is 0 Å². The first-order valence-corrected chi connectivity index (χ1v) is 31.8. The molecule has 0 radical (unpaired) electrons. The van der Waals surface area contributed by atoms with E-state index < -0.39 is 18.0 Å². The van der Waals surface area contributed by atoms with Crippen molar-refractivity contribution >= 4 is 0 Å². The number of hydrogen-bond acceptors (Lipinski definition) is 0. The zero-order valence-electron chi connectivity index (χ0n) is 63.4. The van der Waals surface area contributed by atoms with E-state index in [-0.39, 0.29) is 58.3 Å². The van der Waals surface area contributed by atoms with Crippen LogP contribution >= 0.6 is 0 Å². The molecule has 0 heterocycles. The lowest BCUT2D eigenvalue weighted by atomic mass is 9.64.